The summed E-state index contributed by atoms with van der Waals surface area (Å²) in [6.45, 7) is 0.539. The lowest BCUT2D eigenvalue weighted by Crippen LogP contribution is -2.05. The van der Waals surface area contributed by atoms with E-state index < -0.39 is 5.97 Å². The lowest BCUT2D eigenvalue weighted by molar-refractivity contribution is 0.0697. The molecule has 6 heteroatoms. The summed E-state index contributed by atoms with van der Waals surface area (Å²) >= 11 is 3.32. The Hall–Kier alpha value is -1.56. The number of halogens is 1. The molecule has 0 aliphatic heterocycles. The topological polar surface area (TPSA) is 60.0 Å². The molecule has 2 aromatic heterocycles. The molecule has 16 heavy (non-hydrogen) atoms. The number of carboxylic acid groups (broad SMARTS) is 1. The van der Waals surface area contributed by atoms with Gasteiger partial charge in [-0.3, -0.25) is 0 Å². The molecule has 84 valence electrons. The van der Waals surface area contributed by atoms with E-state index in [1.165, 1.54) is 0 Å². The summed E-state index contributed by atoms with van der Waals surface area (Å²) in [6, 6.07) is 1.57. The zero-order valence-corrected chi connectivity index (χ0v) is 10.2. The van der Waals surface area contributed by atoms with Gasteiger partial charge in [-0.25, -0.2) is 9.78 Å². The Bertz CT molecular complexity index is 530. The second-order valence-corrected chi connectivity index (χ2v) is 4.25. The first kappa shape index (κ1) is 10.9. The first-order valence-corrected chi connectivity index (χ1v) is 5.42. The Balaban J connectivity index is 2.28. The molecule has 0 fully saturated rings. The molecule has 0 bridgehead atoms. The van der Waals surface area contributed by atoms with Gasteiger partial charge in [-0.2, -0.15) is 0 Å². The smallest absolute Gasteiger partial charge is 0.337 e. The van der Waals surface area contributed by atoms with Gasteiger partial charge < -0.3 is 14.2 Å². The number of hydrogen-bond acceptors (Lipinski definition) is 2. The molecule has 0 aliphatic carbocycles. The summed E-state index contributed by atoms with van der Waals surface area (Å²) < 4.78 is 4.42. The van der Waals surface area contributed by atoms with Gasteiger partial charge in [0.05, 0.1) is 16.7 Å². The van der Waals surface area contributed by atoms with E-state index in [-0.39, 0.29) is 5.56 Å². The number of hydrogen-bond donors (Lipinski definition) is 1. The van der Waals surface area contributed by atoms with Crippen LogP contribution in [0.1, 0.15) is 16.2 Å². The Morgan fingerprint density at radius 1 is 1.62 bits per heavy atom. The van der Waals surface area contributed by atoms with Gasteiger partial charge >= 0.3 is 5.97 Å². The quantitative estimate of drug-likeness (QED) is 0.933. The Morgan fingerprint density at radius 2 is 2.38 bits per heavy atom. The molecule has 0 aliphatic rings. The summed E-state index contributed by atoms with van der Waals surface area (Å²) in [5.41, 5.74) is 0.265. The minimum Gasteiger partial charge on any atom is -0.478 e. The van der Waals surface area contributed by atoms with Crippen LogP contribution in [0.25, 0.3) is 0 Å². The van der Waals surface area contributed by atoms with E-state index in [1.54, 1.807) is 23.0 Å². The number of nitrogens with zero attached hydrogens (tertiary/aromatic N) is 3. The normalized spacial score (nSPS) is 10.6. The van der Waals surface area contributed by atoms with E-state index in [1.807, 2.05) is 17.8 Å². The third kappa shape index (κ3) is 2.01. The van der Waals surface area contributed by atoms with Crippen molar-refractivity contribution in [1.29, 1.82) is 0 Å². The second-order valence-electron chi connectivity index (χ2n) is 3.44. The highest BCUT2D eigenvalue weighted by Crippen LogP contribution is 2.16. The maximum absolute atomic E-state index is 10.8. The predicted molar refractivity (Wildman–Crippen MR) is 61.4 cm³/mol. The highest BCUT2D eigenvalue weighted by molar-refractivity contribution is 9.10. The average molecular weight is 284 g/mol. The van der Waals surface area contributed by atoms with Crippen LogP contribution in [0.15, 0.2) is 29.3 Å². The molecule has 1 N–H and O–H groups in total. The number of aromatic carboxylic acids is 1. The number of rotatable bonds is 3. The van der Waals surface area contributed by atoms with Gasteiger partial charge in [-0.1, -0.05) is 0 Å². The first-order valence-electron chi connectivity index (χ1n) is 4.63. The molecule has 0 unspecified atom stereocenters. The van der Waals surface area contributed by atoms with Crippen molar-refractivity contribution in [3.8, 4) is 0 Å². The van der Waals surface area contributed by atoms with Crippen molar-refractivity contribution >= 4 is 21.9 Å². The molecular weight excluding hydrogens is 274 g/mol. The minimum atomic E-state index is -0.931. The van der Waals surface area contributed by atoms with Gasteiger partial charge in [0, 0.05) is 25.6 Å². The third-order valence-electron chi connectivity index (χ3n) is 2.32. The molecule has 0 atom stereocenters. The van der Waals surface area contributed by atoms with E-state index in [0.717, 1.165) is 10.4 Å². The van der Waals surface area contributed by atoms with Crippen LogP contribution in [0.5, 0.6) is 0 Å². The maximum atomic E-state index is 10.8. The molecule has 5 nitrogen and oxygen atoms in total. The minimum absolute atomic E-state index is 0.265. The van der Waals surface area contributed by atoms with Crippen LogP contribution in [0.4, 0.5) is 0 Å². The van der Waals surface area contributed by atoms with Crippen LogP contribution >= 0.6 is 15.9 Å². The molecule has 2 rings (SSSR count). The van der Waals surface area contributed by atoms with E-state index in [4.69, 9.17) is 5.11 Å². The van der Waals surface area contributed by atoms with Gasteiger partial charge in [0.25, 0.3) is 0 Å². The largest absolute Gasteiger partial charge is 0.478 e. The molecule has 0 radical (unpaired) electrons. The molecule has 0 saturated heterocycles. The Kier molecular flexibility index (Phi) is 2.82. The van der Waals surface area contributed by atoms with Crippen molar-refractivity contribution in [1.82, 2.24) is 14.1 Å². The van der Waals surface area contributed by atoms with Gasteiger partial charge in [-0.05, 0) is 22.0 Å². The molecule has 2 aromatic rings. The number of imidazole rings is 1. The zero-order chi connectivity index (χ0) is 11.7. The SMILES string of the molecule is Cn1ccnc1Cn1cc(C(=O)O)cc1Br. The summed E-state index contributed by atoms with van der Waals surface area (Å²) in [7, 11) is 1.90. The molecular formula is C10H10BrN3O2. The predicted octanol–water partition coefficient (Wildman–Crippen LogP) is 1.73. The molecule has 0 spiro atoms. The molecule has 0 amide bonds. The fraction of sp³-hybridized carbons (Fsp3) is 0.200. The fourth-order valence-corrected chi connectivity index (χ4v) is 1.89. The monoisotopic (exact) mass is 283 g/mol. The maximum Gasteiger partial charge on any atom is 0.337 e. The molecule has 0 saturated carbocycles. The average Bonchev–Trinajstić information content (AvgIpc) is 2.76. The van der Waals surface area contributed by atoms with Gasteiger partial charge in [0.15, 0.2) is 0 Å². The number of carboxylic acids is 1. The van der Waals surface area contributed by atoms with Crippen LogP contribution < -0.4 is 0 Å². The van der Waals surface area contributed by atoms with Crippen molar-refractivity contribution in [2.75, 3.05) is 0 Å². The summed E-state index contributed by atoms with van der Waals surface area (Å²) in [4.78, 5) is 15.0. The van der Waals surface area contributed by atoms with Crippen LogP contribution in [0.2, 0.25) is 0 Å². The second kappa shape index (κ2) is 4.13. The molecule has 2 heterocycles. The van der Waals surface area contributed by atoms with Gasteiger partial charge in [-0.15, -0.1) is 0 Å². The summed E-state index contributed by atoms with van der Waals surface area (Å²) in [5, 5.41) is 8.85. The van der Waals surface area contributed by atoms with E-state index >= 15 is 0 Å². The summed E-state index contributed by atoms with van der Waals surface area (Å²) in [6.07, 6.45) is 5.15. The van der Waals surface area contributed by atoms with E-state index in [2.05, 4.69) is 20.9 Å². The van der Waals surface area contributed by atoms with Crippen LogP contribution in [0.3, 0.4) is 0 Å². The molecule has 0 aromatic carbocycles. The summed E-state index contributed by atoms with van der Waals surface area (Å²) in [5.74, 6) is -0.0625. The standard InChI is InChI=1S/C10H10BrN3O2/c1-13-3-2-12-9(13)6-14-5-7(10(15)16)4-8(14)11/h2-5H,6H2,1H3,(H,15,16). The number of carbonyl (C=O) groups is 1. The van der Waals surface area contributed by atoms with Crippen LogP contribution in [0, 0.1) is 0 Å². The lowest BCUT2D eigenvalue weighted by atomic mass is 10.4. The third-order valence-corrected chi connectivity index (χ3v) is 3.01. The van der Waals surface area contributed by atoms with Crippen molar-refractivity contribution < 1.29 is 9.90 Å². The highest BCUT2D eigenvalue weighted by atomic mass is 79.9. The van der Waals surface area contributed by atoms with Crippen molar-refractivity contribution in [3.63, 3.8) is 0 Å². The number of aryl methyl sites for hydroxylation is 1. The van der Waals surface area contributed by atoms with Crippen molar-refractivity contribution in [3.05, 3.63) is 40.6 Å². The number of aromatic nitrogens is 3. The van der Waals surface area contributed by atoms with Crippen molar-refractivity contribution in [2.24, 2.45) is 7.05 Å². The Labute approximate surface area is 100 Å². The van der Waals surface area contributed by atoms with E-state index in [9.17, 15) is 4.79 Å². The van der Waals surface area contributed by atoms with Crippen LogP contribution in [-0.4, -0.2) is 25.2 Å². The van der Waals surface area contributed by atoms with Crippen molar-refractivity contribution in [2.45, 2.75) is 6.54 Å². The zero-order valence-electron chi connectivity index (χ0n) is 8.59. The van der Waals surface area contributed by atoms with E-state index in [0.29, 0.717) is 6.54 Å². The van der Waals surface area contributed by atoms with Gasteiger partial charge in [0.2, 0.25) is 0 Å². The fourth-order valence-electron chi connectivity index (χ4n) is 1.42. The van der Waals surface area contributed by atoms with Crippen LogP contribution in [-0.2, 0) is 13.6 Å². The van der Waals surface area contributed by atoms with Gasteiger partial charge in [0.1, 0.15) is 5.82 Å². The Morgan fingerprint density at radius 3 is 2.88 bits per heavy atom. The lowest BCUT2D eigenvalue weighted by Gasteiger charge is -2.04. The first-order chi connectivity index (χ1) is 7.58. The highest BCUT2D eigenvalue weighted by Gasteiger charge is 2.10.